The van der Waals surface area contributed by atoms with Crippen molar-refractivity contribution >= 4 is 69.7 Å². The lowest BCUT2D eigenvalue weighted by Gasteiger charge is -2.18. The fourth-order valence-electron chi connectivity index (χ4n) is 2.48. The summed E-state index contributed by atoms with van der Waals surface area (Å²) in [6.07, 6.45) is 1.22. The van der Waals surface area contributed by atoms with E-state index in [9.17, 15) is 14.7 Å². The molecule has 0 radical (unpaired) electrons. The number of para-hydroxylation sites is 1. The maximum absolute atomic E-state index is 12.5. The van der Waals surface area contributed by atoms with Crippen LogP contribution in [0.2, 0.25) is 20.1 Å². The summed E-state index contributed by atoms with van der Waals surface area (Å²) >= 11 is 24.0. The number of halogens is 4. The van der Waals surface area contributed by atoms with Crippen molar-refractivity contribution in [2.45, 2.75) is 6.04 Å². The van der Waals surface area contributed by atoms with Crippen molar-refractivity contribution in [3.63, 3.8) is 0 Å². The van der Waals surface area contributed by atoms with Gasteiger partial charge in [-0.25, -0.2) is 4.79 Å². The molecule has 1 unspecified atom stereocenters. The molecule has 0 aromatic heterocycles. The molecule has 2 aromatic rings. The van der Waals surface area contributed by atoms with E-state index in [1.54, 1.807) is 24.3 Å². The number of carbonyl (C=O) groups is 2. The maximum atomic E-state index is 12.5. The zero-order chi connectivity index (χ0) is 19.7. The number of anilines is 2. The van der Waals surface area contributed by atoms with Crippen molar-refractivity contribution in [2.75, 3.05) is 10.6 Å². The SMILES string of the molecule is O=C(Nc1c(Cl)cc(Cl)c(Cl)c1Cl)NC1C=C(O)C(=O)Nc2ccccc21. The minimum absolute atomic E-state index is 0.0131. The highest BCUT2D eigenvalue weighted by Crippen LogP contribution is 2.41. The Kier molecular flexibility index (Phi) is 5.72. The molecule has 1 aliphatic heterocycles. The zero-order valence-electron chi connectivity index (χ0n) is 13.3. The van der Waals surface area contributed by atoms with E-state index in [-0.39, 0.29) is 25.8 Å². The van der Waals surface area contributed by atoms with Crippen LogP contribution in [0.1, 0.15) is 11.6 Å². The molecule has 0 saturated carbocycles. The minimum Gasteiger partial charge on any atom is -0.503 e. The van der Waals surface area contributed by atoms with Gasteiger partial charge in [0.25, 0.3) is 5.91 Å². The third-order valence-corrected chi connectivity index (χ3v) is 5.30. The maximum Gasteiger partial charge on any atom is 0.320 e. The second kappa shape index (κ2) is 7.86. The quantitative estimate of drug-likeness (QED) is 0.359. The number of hydrogen-bond donors (Lipinski definition) is 4. The second-order valence-corrected chi connectivity index (χ2v) is 7.08. The highest BCUT2D eigenvalue weighted by molar-refractivity contribution is 6.51. The van der Waals surface area contributed by atoms with Crippen LogP contribution < -0.4 is 16.0 Å². The summed E-state index contributed by atoms with van der Waals surface area (Å²) in [4.78, 5) is 24.3. The number of amides is 3. The summed E-state index contributed by atoms with van der Waals surface area (Å²) in [7, 11) is 0. The van der Waals surface area contributed by atoms with Crippen LogP contribution in [0.4, 0.5) is 16.2 Å². The molecule has 0 fully saturated rings. The van der Waals surface area contributed by atoms with Gasteiger partial charge in [0.2, 0.25) is 0 Å². The van der Waals surface area contributed by atoms with Crippen LogP contribution >= 0.6 is 46.4 Å². The van der Waals surface area contributed by atoms with Crippen molar-refractivity contribution in [2.24, 2.45) is 0 Å². The average Bonchev–Trinajstić information content (AvgIpc) is 2.74. The number of hydrogen-bond acceptors (Lipinski definition) is 3. The Balaban J connectivity index is 1.88. The summed E-state index contributed by atoms with van der Waals surface area (Å²) in [6, 6.07) is 6.68. The topological polar surface area (TPSA) is 90.5 Å². The number of urea groups is 1. The molecule has 2 aromatic carbocycles. The largest absolute Gasteiger partial charge is 0.503 e. The fourth-order valence-corrected chi connectivity index (χ4v) is 3.49. The molecule has 4 N–H and O–H groups in total. The Hall–Kier alpha value is -2.12. The summed E-state index contributed by atoms with van der Waals surface area (Å²) in [5.41, 5.74) is 1.12. The number of nitrogens with one attached hydrogen (secondary N) is 3. The van der Waals surface area contributed by atoms with Gasteiger partial charge >= 0.3 is 6.03 Å². The Bertz CT molecular complexity index is 978. The molecule has 1 atom stereocenters. The molecule has 0 saturated heterocycles. The molecule has 6 nitrogen and oxygen atoms in total. The predicted molar refractivity (Wildman–Crippen MR) is 107 cm³/mol. The van der Waals surface area contributed by atoms with Crippen LogP contribution in [-0.2, 0) is 4.79 Å². The van der Waals surface area contributed by atoms with Crippen LogP contribution in [0.5, 0.6) is 0 Å². The highest BCUT2D eigenvalue weighted by atomic mass is 35.5. The molecule has 3 amide bonds. The van der Waals surface area contributed by atoms with Crippen molar-refractivity contribution in [3.8, 4) is 0 Å². The van der Waals surface area contributed by atoms with E-state index in [4.69, 9.17) is 46.4 Å². The number of rotatable bonds is 2. The van der Waals surface area contributed by atoms with Gasteiger partial charge in [-0.1, -0.05) is 64.6 Å². The fraction of sp³-hybridized carbons (Fsp3) is 0.0588. The third-order valence-electron chi connectivity index (χ3n) is 3.74. The van der Waals surface area contributed by atoms with Gasteiger partial charge in [0.05, 0.1) is 31.8 Å². The first-order chi connectivity index (χ1) is 12.8. The van der Waals surface area contributed by atoms with Gasteiger partial charge in [0.1, 0.15) is 0 Å². The zero-order valence-corrected chi connectivity index (χ0v) is 16.3. The molecular weight excluding hydrogens is 436 g/mol. The van der Waals surface area contributed by atoms with E-state index in [1.165, 1.54) is 12.1 Å². The second-order valence-electron chi connectivity index (χ2n) is 5.51. The van der Waals surface area contributed by atoms with E-state index >= 15 is 0 Å². The minimum atomic E-state index is -0.791. The molecule has 1 aliphatic rings. The molecule has 0 spiro atoms. The van der Waals surface area contributed by atoms with Crippen LogP contribution in [0.15, 0.2) is 42.2 Å². The smallest absolute Gasteiger partial charge is 0.320 e. The third kappa shape index (κ3) is 4.09. The van der Waals surface area contributed by atoms with Gasteiger partial charge in [-0.2, -0.15) is 0 Å². The van der Waals surface area contributed by atoms with Gasteiger partial charge in [-0.05, 0) is 18.2 Å². The van der Waals surface area contributed by atoms with E-state index in [0.717, 1.165) is 0 Å². The van der Waals surface area contributed by atoms with Crippen LogP contribution in [0.3, 0.4) is 0 Å². The first-order valence-electron chi connectivity index (χ1n) is 7.49. The van der Waals surface area contributed by atoms with Gasteiger partial charge in [0.15, 0.2) is 5.76 Å². The van der Waals surface area contributed by atoms with Gasteiger partial charge in [0, 0.05) is 11.3 Å². The van der Waals surface area contributed by atoms with E-state index in [2.05, 4.69) is 16.0 Å². The molecule has 1 heterocycles. The molecule has 140 valence electrons. The lowest BCUT2D eigenvalue weighted by atomic mass is 10.1. The summed E-state index contributed by atoms with van der Waals surface area (Å²) in [6.45, 7) is 0. The van der Waals surface area contributed by atoms with Crippen molar-refractivity contribution in [1.82, 2.24) is 5.32 Å². The summed E-state index contributed by atoms with van der Waals surface area (Å²) in [5, 5.41) is 17.8. The average molecular weight is 447 g/mol. The standard InChI is InChI=1S/C17H11Cl4N3O3/c18-8-5-9(19)15(14(21)13(8)20)24-17(27)23-11-6-12(25)16(26)22-10-4-2-1-3-7(10)11/h1-6,11,25H,(H,22,26)(H2,23,24,27). The molecule has 3 rings (SSSR count). The molecular formula is C17H11Cl4N3O3. The number of aliphatic hydroxyl groups is 1. The summed E-state index contributed by atoms with van der Waals surface area (Å²) in [5.74, 6) is -1.20. The molecule has 27 heavy (non-hydrogen) atoms. The summed E-state index contributed by atoms with van der Waals surface area (Å²) < 4.78 is 0. The van der Waals surface area contributed by atoms with Crippen LogP contribution in [0, 0.1) is 0 Å². The normalized spacial score (nSPS) is 15.9. The number of fused-ring (bicyclic) bond motifs is 1. The number of carbonyl (C=O) groups excluding carboxylic acids is 2. The van der Waals surface area contributed by atoms with Crippen molar-refractivity contribution in [1.29, 1.82) is 0 Å². The van der Waals surface area contributed by atoms with Crippen LogP contribution in [0.25, 0.3) is 0 Å². The Morgan fingerprint density at radius 3 is 2.52 bits per heavy atom. The van der Waals surface area contributed by atoms with Gasteiger partial charge in [-0.15, -0.1) is 0 Å². The van der Waals surface area contributed by atoms with E-state index < -0.39 is 23.7 Å². The van der Waals surface area contributed by atoms with Crippen molar-refractivity contribution in [3.05, 3.63) is 67.8 Å². The predicted octanol–water partition coefficient (Wildman–Crippen LogP) is 5.56. The van der Waals surface area contributed by atoms with Gasteiger partial charge < -0.3 is 21.1 Å². The lowest BCUT2D eigenvalue weighted by molar-refractivity contribution is -0.115. The van der Waals surface area contributed by atoms with Gasteiger partial charge in [-0.3, -0.25) is 4.79 Å². The van der Waals surface area contributed by atoms with E-state index in [1.807, 2.05) is 0 Å². The Morgan fingerprint density at radius 2 is 1.78 bits per heavy atom. The molecule has 10 heteroatoms. The monoisotopic (exact) mass is 445 g/mol. The van der Waals surface area contributed by atoms with Crippen LogP contribution in [-0.4, -0.2) is 17.0 Å². The number of aliphatic hydroxyl groups excluding tert-OH is 1. The number of benzene rings is 2. The Morgan fingerprint density at radius 1 is 1.07 bits per heavy atom. The first kappa shape index (κ1) is 19.6. The molecule has 0 aliphatic carbocycles. The lowest BCUT2D eigenvalue weighted by Crippen LogP contribution is -2.32. The highest BCUT2D eigenvalue weighted by Gasteiger charge is 2.24. The molecule has 0 bridgehead atoms. The van der Waals surface area contributed by atoms with Crippen molar-refractivity contribution < 1.29 is 14.7 Å². The first-order valence-corrected chi connectivity index (χ1v) is 9.00. The Labute approximate surface area is 174 Å². The van der Waals surface area contributed by atoms with E-state index in [0.29, 0.717) is 11.3 Å².